The summed E-state index contributed by atoms with van der Waals surface area (Å²) in [4.78, 5) is 34.7. The van der Waals surface area contributed by atoms with Crippen LogP contribution < -0.4 is 20.5 Å². The normalized spacial score (nSPS) is 19.0. The maximum atomic E-state index is 13.7. The summed E-state index contributed by atoms with van der Waals surface area (Å²) < 4.78 is 25.6. The molecule has 4 aromatic rings. The van der Waals surface area contributed by atoms with Crippen LogP contribution in [0.25, 0.3) is 21.8 Å². The molecule has 42 heavy (non-hydrogen) atoms. The van der Waals surface area contributed by atoms with Crippen LogP contribution in [0.2, 0.25) is 0 Å². The highest BCUT2D eigenvalue weighted by molar-refractivity contribution is 7.13. The molecule has 9 nitrogen and oxygen atoms in total. The second-order valence-corrected chi connectivity index (χ2v) is 11.9. The van der Waals surface area contributed by atoms with Gasteiger partial charge in [-0.2, -0.15) is 0 Å². The summed E-state index contributed by atoms with van der Waals surface area (Å²) >= 11 is 1.49. The largest absolute Gasteiger partial charge is 0.490 e. The first-order valence-electron chi connectivity index (χ1n) is 13.5. The molecular formula is C31H29FN4O5S. The number of benzene rings is 2. The van der Waals surface area contributed by atoms with Crippen molar-refractivity contribution >= 4 is 23.2 Å². The predicted octanol–water partition coefficient (Wildman–Crippen LogP) is 4.33. The molecule has 1 saturated carbocycles. The molecule has 6 rings (SSSR count). The van der Waals surface area contributed by atoms with Gasteiger partial charge in [0.1, 0.15) is 45.6 Å². The lowest BCUT2D eigenvalue weighted by molar-refractivity contribution is -0.123. The van der Waals surface area contributed by atoms with E-state index in [4.69, 9.17) is 15.2 Å². The summed E-state index contributed by atoms with van der Waals surface area (Å²) in [6.45, 7) is 2.98. The summed E-state index contributed by atoms with van der Waals surface area (Å²) in [5, 5.41) is 17.0. The van der Waals surface area contributed by atoms with Crippen molar-refractivity contribution in [3.63, 3.8) is 0 Å². The van der Waals surface area contributed by atoms with E-state index in [1.165, 1.54) is 42.5 Å². The Labute approximate surface area is 245 Å². The van der Waals surface area contributed by atoms with Crippen molar-refractivity contribution in [2.24, 2.45) is 5.73 Å². The number of thiazole rings is 1. The fourth-order valence-corrected chi connectivity index (χ4v) is 5.44. The minimum absolute atomic E-state index is 0.00186. The molecule has 2 atom stereocenters. The molecule has 2 aromatic heterocycles. The van der Waals surface area contributed by atoms with E-state index < -0.39 is 28.6 Å². The van der Waals surface area contributed by atoms with E-state index in [0.29, 0.717) is 33.9 Å². The van der Waals surface area contributed by atoms with Crippen LogP contribution in [0.5, 0.6) is 11.5 Å². The highest BCUT2D eigenvalue weighted by Crippen LogP contribution is 2.45. The number of hydrogen-bond donors (Lipinski definition) is 3. The molecule has 0 spiro atoms. The van der Waals surface area contributed by atoms with Gasteiger partial charge in [0.15, 0.2) is 0 Å². The SMILES string of the molecule is C[C@](O)(CNC(=O)c1ccc(-c2nccs2)c(OC2CC2)c1)c1cc2c(c(-c3ccc(F)cc3)n1)OC[C@]2(C)C(N)=O. The van der Waals surface area contributed by atoms with E-state index in [1.54, 1.807) is 31.3 Å². The van der Waals surface area contributed by atoms with Gasteiger partial charge in [0.25, 0.3) is 5.91 Å². The number of hydrogen-bond acceptors (Lipinski definition) is 8. The van der Waals surface area contributed by atoms with E-state index in [-0.39, 0.29) is 24.9 Å². The lowest BCUT2D eigenvalue weighted by Crippen LogP contribution is -2.41. The van der Waals surface area contributed by atoms with Crippen LogP contribution in [0.4, 0.5) is 4.39 Å². The minimum Gasteiger partial charge on any atom is -0.490 e. The first kappa shape index (κ1) is 27.8. The Kier molecular flexibility index (Phi) is 6.94. The number of ether oxygens (including phenoxy) is 2. The topological polar surface area (TPSA) is 137 Å². The van der Waals surface area contributed by atoms with Crippen LogP contribution in [0.15, 0.2) is 60.1 Å². The summed E-state index contributed by atoms with van der Waals surface area (Å²) in [6, 6.07) is 12.4. The quantitative estimate of drug-likeness (QED) is 0.265. The molecule has 216 valence electrons. The van der Waals surface area contributed by atoms with E-state index in [9.17, 15) is 19.1 Å². The van der Waals surface area contributed by atoms with Crippen molar-refractivity contribution in [1.29, 1.82) is 0 Å². The number of amides is 2. The van der Waals surface area contributed by atoms with Crippen LogP contribution in [0.1, 0.15) is 48.3 Å². The lowest BCUT2D eigenvalue weighted by Gasteiger charge is -2.26. The Morgan fingerprint density at radius 3 is 2.67 bits per heavy atom. The van der Waals surface area contributed by atoms with Crippen LogP contribution in [-0.4, -0.2) is 46.1 Å². The summed E-state index contributed by atoms with van der Waals surface area (Å²) in [7, 11) is 0. The Morgan fingerprint density at radius 2 is 2.00 bits per heavy atom. The number of pyridine rings is 1. The number of rotatable bonds is 9. The van der Waals surface area contributed by atoms with E-state index >= 15 is 0 Å². The molecule has 2 aromatic carbocycles. The number of primary amides is 1. The number of nitrogens with one attached hydrogen (secondary N) is 1. The van der Waals surface area contributed by atoms with Gasteiger partial charge < -0.3 is 25.6 Å². The molecule has 0 bridgehead atoms. The number of nitrogens with zero attached hydrogens (tertiary/aromatic N) is 2. The number of carbonyl (C=O) groups is 2. The van der Waals surface area contributed by atoms with Crippen molar-refractivity contribution in [3.05, 3.63) is 82.7 Å². The third-order valence-electron chi connectivity index (χ3n) is 7.60. The molecule has 2 aliphatic rings. The number of aromatic nitrogens is 2. The summed E-state index contributed by atoms with van der Waals surface area (Å²) in [5.74, 6) is -0.500. The van der Waals surface area contributed by atoms with Gasteiger partial charge in [-0.25, -0.2) is 14.4 Å². The molecule has 0 saturated heterocycles. The molecule has 0 radical (unpaired) electrons. The van der Waals surface area contributed by atoms with Gasteiger partial charge in [0.2, 0.25) is 5.91 Å². The zero-order valence-electron chi connectivity index (χ0n) is 23.0. The smallest absolute Gasteiger partial charge is 0.251 e. The van der Waals surface area contributed by atoms with Crippen LogP contribution in [0, 0.1) is 5.82 Å². The van der Waals surface area contributed by atoms with E-state index in [1.807, 2.05) is 11.4 Å². The molecular weight excluding hydrogens is 559 g/mol. The second kappa shape index (κ2) is 10.5. The predicted molar refractivity (Wildman–Crippen MR) is 155 cm³/mol. The van der Waals surface area contributed by atoms with Gasteiger partial charge in [-0.1, -0.05) is 0 Å². The maximum absolute atomic E-state index is 13.7. The molecule has 0 unspecified atom stereocenters. The van der Waals surface area contributed by atoms with Crippen molar-refractivity contribution in [2.45, 2.75) is 43.8 Å². The second-order valence-electron chi connectivity index (χ2n) is 11.0. The zero-order chi connectivity index (χ0) is 29.6. The van der Waals surface area contributed by atoms with Crippen molar-refractivity contribution in [1.82, 2.24) is 15.3 Å². The van der Waals surface area contributed by atoms with Gasteiger partial charge in [0, 0.05) is 28.3 Å². The first-order valence-corrected chi connectivity index (χ1v) is 14.4. The van der Waals surface area contributed by atoms with E-state index in [2.05, 4.69) is 15.3 Å². The number of aliphatic hydroxyl groups is 1. The maximum Gasteiger partial charge on any atom is 0.251 e. The van der Waals surface area contributed by atoms with E-state index in [0.717, 1.165) is 23.4 Å². The fraction of sp³-hybridized carbons (Fsp3) is 0.290. The first-order chi connectivity index (χ1) is 20.0. The molecule has 4 N–H and O–H groups in total. The van der Waals surface area contributed by atoms with Crippen LogP contribution in [-0.2, 0) is 15.8 Å². The Balaban J connectivity index is 1.29. The summed E-state index contributed by atoms with van der Waals surface area (Å²) in [6.07, 6.45) is 3.77. The number of fused-ring (bicyclic) bond motifs is 1. The third-order valence-corrected chi connectivity index (χ3v) is 8.41. The van der Waals surface area contributed by atoms with Gasteiger partial charge >= 0.3 is 0 Å². The molecule has 1 aliphatic heterocycles. The Morgan fingerprint density at radius 1 is 1.24 bits per heavy atom. The lowest BCUT2D eigenvalue weighted by atomic mass is 9.82. The number of carbonyl (C=O) groups excluding carboxylic acids is 2. The van der Waals surface area contributed by atoms with Gasteiger partial charge in [-0.15, -0.1) is 11.3 Å². The fourth-order valence-electron chi connectivity index (χ4n) is 4.77. The number of nitrogens with two attached hydrogens (primary N) is 1. The summed E-state index contributed by atoms with van der Waals surface area (Å²) in [5.41, 5.74) is 5.62. The molecule has 3 heterocycles. The zero-order valence-corrected chi connectivity index (χ0v) is 23.8. The minimum atomic E-state index is -1.66. The van der Waals surface area contributed by atoms with Crippen LogP contribution in [0.3, 0.4) is 0 Å². The highest BCUT2D eigenvalue weighted by Gasteiger charge is 2.45. The molecule has 1 fully saturated rings. The third kappa shape index (κ3) is 5.21. The standard InChI is InChI=1S/C31H29FN4O5S/c1-30(29(33)38)16-40-26-22(30)14-24(36-25(26)17-3-6-19(32)7-4-17)31(2,39)15-35-27(37)18-5-10-21(28-34-11-12-42-28)23(13-18)41-20-8-9-20/h3-7,10-14,20,39H,8-9,15-16H2,1-2H3,(H2,33,38)(H,35,37)/t30-,31-/m0/s1. The highest BCUT2D eigenvalue weighted by atomic mass is 32.1. The average Bonchev–Trinajstić information content (AvgIpc) is 3.48. The number of halogens is 1. The monoisotopic (exact) mass is 588 g/mol. The van der Waals surface area contributed by atoms with Crippen molar-refractivity contribution in [3.8, 4) is 33.3 Å². The average molecular weight is 589 g/mol. The van der Waals surface area contributed by atoms with Crippen molar-refractivity contribution in [2.75, 3.05) is 13.2 Å². The molecule has 1 aliphatic carbocycles. The van der Waals surface area contributed by atoms with Crippen molar-refractivity contribution < 1.29 is 28.6 Å². The van der Waals surface area contributed by atoms with Gasteiger partial charge in [-0.05, 0) is 75.2 Å². The van der Waals surface area contributed by atoms with Gasteiger partial charge in [-0.3, -0.25) is 9.59 Å². The Hall–Kier alpha value is -4.35. The van der Waals surface area contributed by atoms with Crippen LogP contribution >= 0.6 is 11.3 Å². The Bertz CT molecular complexity index is 1670. The molecule has 11 heteroatoms. The van der Waals surface area contributed by atoms with Gasteiger partial charge in [0.05, 0.1) is 23.9 Å². The molecule has 2 amide bonds.